The average molecular weight is 502 g/mol. The first kappa shape index (κ1) is 25.9. The second-order valence-corrected chi connectivity index (χ2v) is 10.1. The van der Waals surface area contributed by atoms with Gasteiger partial charge in [0.25, 0.3) is 0 Å². The van der Waals surface area contributed by atoms with Crippen LogP contribution in [0.1, 0.15) is 48.9 Å². The number of amides is 1. The van der Waals surface area contributed by atoms with Crippen molar-refractivity contribution in [2.75, 3.05) is 6.61 Å². The molecule has 192 valence electrons. The molecule has 0 unspecified atom stereocenters. The molecule has 7 heteroatoms. The Morgan fingerprint density at radius 3 is 2.08 bits per heavy atom. The Hall–Kier alpha value is -4.13. The number of carbonyl (C=O) groups is 3. The standard InChI is InChI=1S/C30H31NO6/c1-30(2,3)37-27(32)17-20-10-8-9-19(15-20)16-26(28(33)34)31-29(35)36-18-25-23-13-6-4-11-21(23)22-12-5-7-14-24(22)25/h4-15,25-26H,16-18H2,1-3H3,(H,31,35)(H,33,34)/t26-/m0/s1. The number of ether oxygens (including phenoxy) is 2. The highest BCUT2D eigenvalue weighted by atomic mass is 16.6. The van der Waals surface area contributed by atoms with Crippen molar-refractivity contribution >= 4 is 18.0 Å². The molecule has 1 amide bonds. The average Bonchev–Trinajstić information content (AvgIpc) is 3.15. The van der Waals surface area contributed by atoms with Crippen LogP contribution in [0, 0.1) is 0 Å². The predicted octanol–water partition coefficient (Wildman–Crippen LogP) is 5.11. The van der Waals surface area contributed by atoms with Gasteiger partial charge in [-0.25, -0.2) is 9.59 Å². The van der Waals surface area contributed by atoms with Crippen LogP contribution in [0.4, 0.5) is 4.79 Å². The topological polar surface area (TPSA) is 102 Å². The van der Waals surface area contributed by atoms with Gasteiger partial charge in [0, 0.05) is 12.3 Å². The highest BCUT2D eigenvalue weighted by molar-refractivity contribution is 5.81. The Morgan fingerprint density at radius 2 is 1.49 bits per heavy atom. The molecular formula is C30H31NO6. The molecule has 1 aliphatic carbocycles. The third-order valence-electron chi connectivity index (χ3n) is 6.13. The van der Waals surface area contributed by atoms with Crippen LogP contribution in [0.15, 0.2) is 72.8 Å². The van der Waals surface area contributed by atoms with E-state index in [4.69, 9.17) is 9.47 Å². The molecule has 4 rings (SSSR count). The zero-order valence-corrected chi connectivity index (χ0v) is 21.2. The maximum Gasteiger partial charge on any atom is 0.407 e. The number of rotatable bonds is 8. The lowest BCUT2D eigenvalue weighted by Gasteiger charge is -2.19. The summed E-state index contributed by atoms with van der Waals surface area (Å²) >= 11 is 0. The molecule has 2 N–H and O–H groups in total. The van der Waals surface area contributed by atoms with Crippen LogP contribution in [-0.4, -0.2) is 41.4 Å². The number of alkyl carbamates (subject to hydrolysis) is 1. The Kier molecular flexibility index (Phi) is 7.62. The molecule has 0 heterocycles. The molecule has 0 spiro atoms. The number of carboxylic acids is 1. The van der Waals surface area contributed by atoms with Gasteiger partial charge in [0.15, 0.2) is 0 Å². The molecule has 3 aromatic rings. The smallest absolute Gasteiger partial charge is 0.407 e. The second kappa shape index (κ2) is 10.9. The number of carboxylic acid groups (broad SMARTS) is 1. The Labute approximate surface area is 216 Å². The summed E-state index contributed by atoms with van der Waals surface area (Å²) in [5, 5.41) is 12.2. The summed E-state index contributed by atoms with van der Waals surface area (Å²) in [6.45, 7) is 5.49. The summed E-state index contributed by atoms with van der Waals surface area (Å²) in [7, 11) is 0. The van der Waals surface area contributed by atoms with Gasteiger partial charge in [0.05, 0.1) is 6.42 Å². The summed E-state index contributed by atoms with van der Waals surface area (Å²) in [5.74, 6) is -1.66. The maximum atomic E-state index is 12.6. The van der Waals surface area contributed by atoms with E-state index in [0.717, 1.165) is 22.3 Å². The normalized spacial score (nSPS) is 13.3. The van der Waals surface area contributed by atoms with Gasteiger partial charge >= 0.3 is 18.0 Å². The second-order valence-electron chi connectivity index (χ2n) is 10.1. The largest absolute Gasteiger partial charge is 0.480 e. The molecule has 3 aromatic carbocycles. The first-order valence-corrected chi connectivity index (χ1v) is 12.2. The van der Waals surface area contributed by atoms with E-state index < -0.39 is 23.7 Å². The lowest BCUT2D eigenvalue weighted by atomic mass is 9.98. The van der Waals surface area contributed by atoms with Crippen molar-refractivity contribution in [2.45, 2.75) is 51.2 Å². The van der Waals surface area contributed by atoms with Crippen LogP contribution in [-0.2, 0) is 31.9 Å². The van der Waals surface area contributed by atoms with E-state index in [-0.39, 0.29) is 31.3 Å². The molecule has 0 radical (unpaired) electrons. The van der Waals surface area contributed by atoms with Crippen LogP contribution in [0.2, 0.25) is 0 Å². The molecule has 0 fully saturated rings. The van der Waals surface area contributed by atoms with E-state index in [0.29, 0.717) is 11.1 Å². The monoisotopic (exact) mass is 501 g/mol. The third-order valence-corrected chi connectivity index (χ3v) is 6.13. The zero-order chi connectivity index (χ0) is 26.6. The van der Waals surface area contributed by atoms with Gasteiger partial charge in [-0.3, -0.25) is 4.79 Å². The van der Waals surface area contributed by atoms with Gasteiger partial charge in [-0.05, 0) is 54.2 Å². The Bertz CT molecular complexity index is 1260. The lowest BCUT2D eigenvalue weighted by Crippen LogP contribution is -2.42. The number of aliphatic carboxylic acids is 1. The quantitative estimate of drug-likeness (QED) is 0.416. The van der Waals surface area contributed by atoms with E-state index in [1.165, 1.54) is 0 Å². The SMILES string of the molecule is CC(C)(C)OC(=O)Cc1cccc(C[C@H](NC(=O)OCC2c3ccccc3-c3ccccc32)C(=O)O)c1. The molecule has 0 aromatic heterocycles. The Balaban J connectivity index is 1.38. The van der Waals surface area contributed by atoms with Crippen molar-refractivity contribution in [3.05, 3.63) is 95.1 Å². The summed E-state index contributed by atoms with van der Waals surface area (Å²) in [5.41, 5.74) is 5.17. The molecule has 0 saturated heterocycles. The number of fused-ring (bicyclic) bond motifs is 3. The fraction of sp³-hybridized carbons (Fsp3) is 0.300. The summed E-state index contributed by atoms with van der Waals surface area (Å²) < 4.78 is 10.9. The van der Waals surface area contributed by atoms with Crippen molar-refractivity contribution in [1.82, 2.24) is 5.32 Å². The highest BCUT2D eigenvalue weighted by Crippen LogP contribution is 2.44. The van der Waals surface area contributed by atoms with E-state index in [9.17, 15) is 19.5 Å². The minimum absolute atomic E-state index is 0.0433. The van der Waals surface area contributed by atoms with Crippen molar-refractivity contribution in [1.29, 1.82) is 0 Å². The summed E-state index contributed by atoms with van der Waals surface area (Å²) in [6, 6.07) is 21.8. The highest BCUT2D eigenvalue weighted by Gasteiger charge is 2.30. The number of benzene rings is 3. The molecule has 1 atom stereocenters. The number of hydrogen-bond donors (Lipinski definition) is 2. The molecule has 1 aliphatic rings. The molecular weight excluding hydrogens is 470 g/mol. The first-order valence-electron chi connectivity index (χ1n) is 12.2. The van der Waals surface area contributed by atoms with Crippen LogP contribution in [0.5, 0.6) is 0 Å². The Morgan fingerprint density at radius 1 is 0.892 bits per heavy atom. The van der Waals surface area contributed by atoms with Gasteiger partial charge in [-0.1, -0.05) is 72.8 Å². The van der Waals surface area contributed by atoms with Crippen molar-refractivity contribution < 1.29 is 29.0 Å². The first-order chi connectivity index (χ1) is 17.6. The van der Waals surface area contributed by atoms with E-state index >= 15 is 0 Å². The molecule has 0 saturated carbocycles. The fourth-order valence-electron chi connectivity index (χ4n) is 4.63. The molecule has 0 bridgehead atoms. The number of hydrogen-bond acceptors (Lipinski definition) is 5. The predicted molar refractivity (Wildman–Crippen MR) is 139 cm³/mol. The molecule has 0 aliphatic heterocycles. The minimum atomic E-state index is -1.19. The van der Waals surface area contributed by atoms with Gasteiger partial charge in [0.1, 0.15) is 18.2 Å². The number of nitrogens with one attached hydrogen (secondary N) is 1. The van der Waals surface area contributed by atoms with Crippen LogP contribution >= 0.6 is 0 Å². The van der Waals surface area contributed by atoms with E-state index in [1.807, 2.05) is 48.5 Å². The fourth-order valence-corrected chi connectivity index (χ4v) is 4.63. The summed E-state index contributed by atoms with van der Waals surface area (Å²) in [6.07, 6.45) is -0.677. The van der Waals surface area contributed by atoms with Crippen molar-refractivity contribution in [3.8, 4) is 11.1 Å². The molecule has 37 heavy (non-hydrogen) atoms. The summed E-state index contributed by atoms with van der Waals surface area (Å²) in [4.78, 5) is 36.7. The number of esters is 1. The van der Waals surface area contributed by atoms with Crippen molar-refractivity contribution in [2.24, 2.45) is 0 Å². The van der Waals surface area contributed by atoms with Gasteiger partial charge in [0.2, 0.25) is 0 Å². The van der Waals surface area contributed by atoms with E-state index in [1.54, 1.807) is 45.0 Å². The van der Waals surface area contributed by atoms with Crippen molar-refractivity contribution in [3.63, 3.8) is 0 Å². The third kappa shape index (κ3) is 6.55. The van der Waals surface area contributed by atoms with Crippen LogP contribution < -0.4 is 5.32 Å². The van der Waals surface area contributed by atoms with Gasteiger partial charge in [-0.2, -0.15) is 0 Å². The van der Waals surface area contributed by atoms with E-state index in [2.05, 4.69) is 5.32 Å². The van der Waals surface area contributed by atoms with Gasteiger partial charge < -0.3 is 19.9 Å². The molecule has 7 nitrogen and oxygen atoms in total. The number of carbonyl (C=O) groups excluding carboxylic acids is 2. The minimum Gasteiger partial charge on any atom is -0.480 e. The zero-order valence-electron chi connectivity index (χ0n) is 21.2. The van der Waals surface area contributed by atoms with Gasteiger partial charge in [-0.15, -0.1) is 0 Å². The lowest BCUT2D eigenvalue weighted by molar-refractivity contribution is -0.154. The van der Waals surface area contributed by atoms with Crippen LogP contribution in [0.25, 0.3) is 11.1 Å². The maximum absolute atomic E-state index is 12.6. The van der Waals surface area contributed by atoms with Crippen LogP contribution in [0.3, 0.4) is 0 Å².